The molecule has 3 rings (SSSR count). The molecule has 160 valence electrons. The summed E-state index contributed by atoms with van der Waals surface area (Å²) in [5.41, 5.74) is 1.72. The first-order valence-corrected chi connectivity index (χ1v) is 11.4. The Morgan fingerprint density at radius 3 is 2.50 bits per heavy atom. The van der Waals surface area contributed by atoms with Gasteiger partial charge in [-0.25, -0.2) is 12.7 Å². The van der Waals surface area contributed by atoms with Crippen LogP contribution in [0.1, 0.15) is 39.2 Å². The van der Waals surface area contributed by atoms with E-state index in [1.54, 1.807) is 49.1 Å². The van der Waals surface area contributed by atoms with Crippen LogP contribution in [0.3, 0.4) is 0 Å². The van der Waals surface area contributed by atoms with E-state index in [9.17, 15) is 18.0 Å². The molecule has 0 fully saturated rings. The molecule has 7 nitrogen and oxygen atoms in total. The Balaban J connectivity index is 2.08. The van der Waals surface area contributed by atoms with Gasteiger partial charge in [-0.05, 0) is 49.2 Å². The van der Waals surface area contributed by atoms with E-state index >= 15 is 0 Å². The third-order valence-corrected chi connectivity index (χ3v) is 6.94. The van der Waals surface area contributed by atoms with Gasteiger partial charge in [0.25, 0.3) is 10.0 Å². The number of fused-ring (bicyclic) bond motifs is 1. The highest BCUT2D eigenvalue weighted by atomic mass is 32.2. The molecule has 8 heteroatoms. The highest BCUT2D eigenvalue weighted by Gasteiger charge is 2.34. The molecule has 0 N–H and O–H groups in total. The standard InChI is InChI=1S/C22H26N2O5S/c1-5-21(25)23-15(3)12-16-13-19(10-11-20(16)23)30(27,28)24(22(26)6-2)17-8-7-9-18(14-17)29-4/h7-11,13-15H,5-6,12H2,1-4H3. The average molecular weight is 431 g/mol. The van der Waals surface area contributed by atoms with Gasteiger partial charge in [0.15, 0.2) is 0 Å². The maximum Gasteiger partial charge on any atom is 0.270 e. The fraction of sp³-hybridized carbons (Fsp3) is 0.364. The Kier molecular flexibility index (Phi) is 6.17. The third-order valence-electron chi connectivity index (χ3n) is 5.19. The molecular weight excluding hydrogens is 404 g/mol. The Morgan fingerprint density at radius 2 is 1.87 bits per heavy atom. The number of amides is 2. The van der Waals surface area contributed by atoms with Crippen molar-refractivity contribution in [1.82, 2.24) is 0 Å². The number of anilines is 2. The van der Waals surface area contributed by atoms with Crippen LogP contribution in [0.2, 0.25) is 0 Å². The summed E-state index contributed by atoms with van der Waals surface area (Å²) >= 11 is 0. The van der Waals surface area contributed by atoms with Gasteiger partial charge >= 0.3 is 0 Å². The molecule has 1 heterocycles. The van der Waals surface area contributed by atoms with Crippen LogP contribution >= 0.6 is 0 Å². The van der Waals surface area contributed by atoms with E-state index in [1.165, 1.54) is 19.2 Å². The van der Waals surface area contributed by atoms with E-state index in [-0.39, 0.29) is 29.0 Å². The quantitative estimate of drug-likeness (QED) is 0.700. The minimum absolute atomic E-state index is 0.00368. The monoisotopic (exact) mass is 430 g/mol. The number of methoxy groups -OCH3 is 1. The minimum Gasteiger partial charge on any atom is -0.497 e. The largest absolute Gasteiger partial charge is 0.497 e. The highest BCUT2D eigenvalue weighted by Crippen LogP contribution is 2.36. The molecule has 0 bridgehead atoms. The molecule has 1 unspecified atom stereocenters. The first-order chi connectivity index (χ1) is 14.2. The number of ether oxygens (including phenoxy) is 1. The van der Waals surface area contributed by atoms with Gasteiger partial charge in [-0.3, -0.25) is 9.59 Å². The predicted octanol–water partition coefficient (Wildman–Crippen LogP) is 3.51. The predicted molar refractivity (Wildman–Crippen MR) is 115 cm³/mol. The van der Waals surface area contributed by atoms with Crippen LogP contribution in [-0.4, -0.2) is 33.4 Å². The molecule has 0 saturated carbocycles. The Bertz CT molecular complexity index is 1080. The van der Waals surface area contributed by atoms with Crippen LogP contribution in [0.4, 0.5) is 11.4 Å². The molecule has 2 aromatic carbocycles. The lowest BCUT2D eigenvalue weighted by atomic mass is 10.1. The number of carbonyl (C=O) groups is 2. The van der Waals surface area contributed by atoms with E-state index in [1.807, 2.05) is 6.92 Å². The van der Waals surface area contributed by atoms with Crippen molar-refractivity contribution in [3.63, 3.8) is 0 Å². The van der Waals surface area contributed by atoms with Gasteiger partial charge < -0.3 is 9.64 Å². The van der Waals surface area contributed by atoms with Gasteiger partial charge in [-0.15, -0.1) is 0 Å². The zero-order chi connectivity index (χ0) is 22.1. The fourth-order valence-electron chi connectivity index (χ4n) is 3.72. The lowest BCUT2D eigenvalue weighted by molar-refractivity contribution is -0.118. The average Bonchev–Trinajstić information content (AvgIpc) is 3.08. The van der Waals surface area contributed by atoms with E-state index in [0.717, 1.165) is 15.6 Å². The van der Waals surface area contributed by atoms with Gasteiger partial charge in [0.05, 0.1) is 17.7 Å². The molecule has 1 atom stereocenters. The first-order valence-electron chi connectivity index (χ1n) is 9.91. The lowest BCUT2D eigenvalue weighted by Gasteiger charge is -2.24. The smallest absolute Gasteiger partial charge is 0.270 e. The molecule has 0 spiro atoms. The molecule has 0 radical (unpaired) electrons. The van der Waals surface area contributed by atoms with Gasteiger partial charge in [0.2, 0.25) is 11.8 Å². The van der Waals surface area contributed by atoms with Crippen molar-refractivity contribution in [1.29, 1.82) is 0 Å². The van der Waals surface area contributed by atoms with Crippen molar-refractivity contribution in [2.45, 2.75) is 51.0 Å². The summed E-state index contributed by atoms with van der Waals surface area (Å²) in [5, 5.41) is 0. The number of nitrogens with zero attached hydrogens (tertiary/aromatic N) is 2. The summed E-state index contributed by atoms with van der Waals surface area (Å²) in [7, 11) is -2.67. The number of hydrogen-bond acceptors (Lipinski definition) is 5. The van der Waals surface area contributed by atoms with Crippen molar-refractivity contribution in [3.8, 4) is 5.75 Å². The zero-order valence-electron chi connectivity index (χ0n) is 17.6. The fourth-order valence-corrected chi connectivity index (χ4v) is 5.25. The number of sulfonamides is 1. The van der Waals surface area contributed by atoms with E-state index in [4.69, 9.17) is 4.74 Å². The summed E-state index contributed by atoms with van der Waals surface area (Å²) in [4.78, 5) is 26.7. The van der Waals surface area contributed by atoms with Gasteiger partial charge in [-0.2, -0.15) is 0 Å². The summed E-state index contributed by atoms with van der Waals surface area (Å²) in [6, 6.07) is 11.0. The van der Waals surface area contributed by atoms with Crippen LogP contribution < -0.4 is 13.9 Å². The summed E-state index contributed by atoms with van der Waals surface area (Å²) in [6.07, 6.45) is 0.959. The van der Waals surface area contributed by atoms with Crippen LogP contribution in [0.15, 0.2) is 47.4 Å². The van der Waals surface area contributed by atoms with E-state index in [2.05, 4.69) is 0 Å². The lowest BCUT2D eigenvalue weighted by Crippen LogP contribution is -2.36. The Labute approximate surface area is 177 Å². The normalized spacial score (nSPS) is 15.6. The van der Waals surface area contributed by atoms with Crippen molar-refractivity contribution in [3.05, 3.63) is 48.0 Å². The van der Waals surface area contributed by atoms with Crippen molar-refractivity contribution in [2.75, 3.05) is 16.3 Å². The molecule has 30 heavy (non-hydrogen) atoms. The molecule has 1 aliphatic rings. The van der Waals surface area contributed by atoms with Crippen molar-refractivity contribution < 1.29 is 22.7 Å². The Hall–Kier alpha value is -2.87. The molecule has 2 aromatic rings. The molecule has 2 amide bonds. The number of benzene rings is 2. The Morgan fingerprint density at radius 1 is 1.13 bits per heavy atom. The molecule has 0 saturated heterocycles. The summed E-state index contributed by atoms with van der Waals surface area (Å²) in [5.74, 6) is -0.0935. The van der Waals surface area contributed by atoms with Crippen LogP contribution in [-0.2, 0) is 26.0 Å². The highest BCUT2D eigenvalue weighted by molar-refractivity contribution is 7.93. The second-order valence-electron chi connectivity index (χ2n) is 7.18. The van der Waals surface area contributed by atoms with Gasteiger partial charge in [0.1, 0.15) is 5.75 Å². The zero-order valence-corrected chi connectivity index (χ0v) is 18.4. The number of carbonyl (C=O) groups excluding carboxylic acids is 2. The van der Waals surface area contributed by atoms with Crippen molar-refractivity contribution >= 4 is 33.2 Å². The van der Waals surface area contributed by atoms with Gasteiger partial charge in [0, 0.05) is 30.6 Å². The van der Waals surface area contributed by atoms with Crippen molar-refractivity contribution in [2.24, 2.45) is 0 Å². The minimum atomic E-state index is -4.15. The van der Waals surface area contributed by atoms with E-state index < -0.39 is 15.9 Å². The van der Waals surface area contributed by atoms with E-state index in [0.29, 0.717) is 18.6 Å². The van der Waals surface area contributed by atoms with Crippen LogP contribution in [0, 0.1) is 0 Å². The topological polar surface area (TPSA) is 84.0 Å². The second-order valence-corrected chi connectivity index (χ2v) is 8.97. The molecule has 0 aliphatic carbocycles. The summed E-state index contributed by atoms with van der Waals surface area (Å²) in [6.45, 7) is 5.35. The molecule has 0 aromatic heterocycles. The molecular formula is C22H26N2O5S. The summed E-state index contributed by atoms with van der Waals surface area (Å²) < 4.78 is 32.9. The maximum absolute atomic E-state index is 13.5. The van der Waals surface area contributed by atoms with Crippen LogP contribution in [0.5, 0.6) is 5.75 Å². The maximum atomic E-state index is 13.5. The number of rotatable bonds is 6. The SMILES string of the molecule is CCC(=O)N1c2ccc(S(=O)(=O)N(C(=O)CC)c3cccc(OC)c3)cc2CC1C. The second kappa shape index (κ2) is 8.47. The molecule has 1 aliphatic heterocycles. The first kappa shape index (κ1) is 21.8. The number of hydrogen-bond donors (Lipinski definition) is 0. The van der Waals surface area contributed by atoms with Gasteiger partial charge in [-0.1, -0.05) is 19.9 Å². The third kappa shape index (κ3) is 3.79. The van der Waals surface area contributed by atoms with Crippen LogP contribution in [0.25, 0.3) is 0 Å².